The molecular weight excluding hydrogens is 220 g/mol. The SMILES string of the molecule is CC(C)(C)c1cc(C2=N[C@H]3COC[C@H]3O2)no1. The predicted octanol–water partition coefficient (Wildman–Crippen LogP) is 1.52. The van der Waals surface area contributed by atoms with Gasteiger partial charge in [-0.3, -0.25) is 0 Å². The van der Waals surface area contributed by atoms with E-state index in [9.17, 15) is 0 Å². The second-order valence-electron chi connectivity index (χ2n) is 5.52. The number of nitrogens with zero attached hydrogens (tertiary/aromatic N) is 2. The zero-order valence-electron chi connectivity index (χ0n) is 10.3. The fraction of sp³-hybridized carbons (Fsp3) is 0.667. The Kier molecular flexibility index (Phi) is 2.26. The van der Waals surface area contributed by atoms with Gasteiger partial charge in [-0.15, -0.1) is 0 Å². The molecular formula is C12H16N2O3. The number of rotatable bonds is 1. The summed E-state index contributed by atoms with van der Waals surface area (Å²) in [6.07, 6.45) is 0.0554. The third-order valence-corrected chi connectivity index (χ3v) is 3.01. The van der Waals surface area contributed by atoms with Crippen LogP contribution < -0.4 is 0 Å². The van der Waals surface area contributed by atoms with Crippen LogP contribution in [0.5, 0.6) is 0 Å². The Labute approximate surface area is 99.8 Å². The highest BCUT2D eigenvalue weighted by Crippen LogP contribution is 2.26. The smallest absolute Gasteiger partial charge is 0.239 e. The van der Waals surface area contributed by atoms with Crippen LogP contribution in [0.3, 0.4) is 0 Å². The number of aliphatic imine (C=N–C) groups is 1. The van der Waals surface area contributed by atoms with Gasteiger partial charge in [-0.25, -0.2) is 4.99 Å². The van der Waals surface area contributed by atoms with E-state index in [1.54, 1.807) is 0 Å². The molecule has 5 heteroatoms. The number of hydrogen-bond acceptors (Lipinski definition) is 5. The van der Waals surface area contributed by atoms with Crippen molar-refractivity contribution in [3.05, 3.63) is 17.5 Å². The Hall–Kier alpha value is -1.36. The van der Waals surface area contributed by atoms with Crippen molar-refractivity contribution in [1.82, 2.24) is 5.16 Å². The molecule has 0 aliphatic carbocycles. The Morgan fingerprint density at radius 2 is 2.12 bits per heavy atom. The first-order valence-electron chi connectivity index (χ1n) is 5.84. The molecule has 17 heavy (non-hydrogen) atoms. The fourth-order valence-electron chi connectivity index (χ4n) is 1.94. The van der Waals surface area contributed by atoms with Crippen LogP contribution in [0.1, 0.15) is 32.2 Å². The van der Waals surface area contributed by atoms with Crippen LogP contribution in [-0.4, -0.2) is 36.4 Å². The molecule has 3 rings (SSSR count). The summed E-state index contributed by atoms with van der Waals surface area (Å²) in [6.45, 7) is 7.49. The van der Waals surface area contributed by atoms with Gasteiger partial charge in [0.05, 0.1) is 13.2 Å². The number of hydrogen-bond donors (Lipinski definition) is 0. The molecule has 0 unspecified atom stereocenters. The molecule has 0 bridgehead atoms. The van der Waals surface area contributed by atoms with Gasteiger partial charge in [-0.1, -0.05) is 25.9 Å². The van der Waals surface area contributed by atoms with Crippen molar-refractivity contribution >= 4 is 5.90 Å². The lowest BCUT2D eigenvalue weighted by molar-refractivity contribution is 0.138. The maximum absolute atomic E-state index is 5.70. The molecule has 0 amide bonds. The minimum atomic E-state index is -0.0522. The molecule has 0 radical (unpaired) electrons. The van der Waals surface area contributed by atoms with E-state index in [-0.39, 0.29) is 17.6 Å². The summed E-state index contributed by atoms with van der Waals surface area (Å²) in [6, 6.07) is 2.03. The topological polar surface area (TPSA) is 56.9 Å². The minimum Gasteiger partial charge on any atom is -0.468 e. The Bertz CT molecular complexity index is 459. The lowest BCUT2D eigenvalue weighted by Gasteiger charge is -2.12. The van der Waals surface area contributed by atoms with E-state index in [4.69, 9.17) is 14.0 Å². The molecule has 2 atom stereocenters. The van der Waals surface area contributed by atoms with E-state index in [0.29, 0.717) is 24.8 Å². The summed E-state index contributed by atoms with van der Waals surface area (Å²) >= 11 is 0. The maximum Gasteiger partial charge on any atom is 0.239 e. The van der Waals surface area contributed by atoms with Gasteiger partial charge in [0.1, 0.15) is 17.9 Å². The Balaban J connectivity index is 1.84. The molecule has 0 spiro atoms. The molecule has 0 aromatic carbocycles. The van der Waals surface area contributed by atoms with E-state index < -0.39 is 0 Å². The lowest BCUT2D eigenvalue weighted by Crippen LogP contribution is -2.19. The minimum absolute atomic E-state index is 0.0522. The highest BCUT2D eigenvalue weighted by atomic mass is 16.6. The highest BCUT2D eigenvalue weighted by molar-refractivity contribution is 5.93. The zero-order valence-corrected chi connectivity index (χ0v) is 10.3. The van der Waals surface area contributed by atoms with Gasteiger partial charge in [0.15, 0.2) is 5.69 Å². The molecule has 1 fully saturated rings. The summed E-state index contributed by atoms with van der Waals surface area (Å²) in [4.78, 5) is 4.46. The first kappa shape index (κ1) is 10.8. The normalized spacial score (nSPS) is 27.8. The van der Waals surface area contributed by atoms with Crippen LogP contribution in [0.4, 0.5) is 0 Å². The van der Waals surface area contributed by atoms with Crippen molar-refractivity contribution in [3.8, 4) is 0 Å². The molecule has 2 aliphatic rings. The largest absolute Gasteiger partial charge is 0.468 e. The fourth-order valence-corrected chi connectivity index (χ4v) is 1.94. The van der Waals surface area contributed by atoms with Crippen LogP contribution >= 0.6 is 0 Å². The maximum atomic E-state index is 5.70. The van der Waals surface area contributed by atoms with Crippen molar-refractivity contribution in [2.45, 2.75) is 38.3 Å². The lowest BCUT2D eigenvalue weighted by atomic mass is 9.93. The van der Waals surface area contributed by atoms with Gasteiger partial charge in [-0.05, 0) is 0 Å². The van der Waals surface area contributed by atoms with Crippen LogP contribution in [0.25, 0.3) is 0 Å². The van der Waals surface area contributed by atoms with E-state index >= 15 is 0 Å². The molecule has 1 saturated heterocycles. The van der Waals surface area contributed by atoms with Gasteiger partial charge < -0.3 is 14.0 Å². The van der Waals surface area contributed by atoms with E-state index in [1.165, 1.54) is 0 Å². The molecule has 5 nitrogen and oxygen atoms in total. The Morgan fingerprint density at radius 3 is 2.76 bits per heavy atom. The zero-order chi connectivity index (χ0) is 12.0. The number of aromatic nitrogens is 1. The molecule has 3 heterocycles. The summed E-state index contributed by atoms with van der Waals surface area (Å²) in [7, 11) is 0. The second kappa shape index (κ2) is 3.57. The van der Waals surface area contributed by atoms with E-state index in [2.05, 4.69) is 30.9 Å². The third kappa shape index (κ3) is 1.84. The number of fused-ring (bicyclic) bond motifs is 1. The average Bonchev–Trinajstić information content (AvgIpc) is 2.90. The Morgan fingerprint density at radius 1 is 1.29 bits per heavy atom. The summed E-state index contributed by atoms with van der Waals surface area (Å²) < 4.78 is 16.3. The average molecular weight is 236 g/mol. The molecule has 1 aromatic heterocycles. The van der Waals surface area contributed by atoms with Crippen molar-refractivity contribution in [1.29, 1.82) is 0 Å². The molecule has 0 saturated carbocycles. The standard InChI is InChI=1S/C12H16N2O3/c1-12(2,3)10-4-7(14-17-10)11-13-8-5-15-6-9(8)16-11/h4,8-9H,5-6H2,1-3H3/t8-,9+/m0/s1. The second-order valence-corrected chi connectivity index (χ2v) is 5.52. The quantitative estimate of drug-likeness (QED) is 0.741. The van der Waals surface area contributed by atoms with E-state index in [0.717, 1.165) is 5.76 Å². The third-order valence-electron chi connectivity index (χ3n) is 3.01. The first-order chi connectivity index (χ1) is 8.04. The van der Waals surface area contributed by atoms with Gasteiger partial charge in [0.2, 0.25) is 5.90 Å². The van der Waals surface area contributed by atoms with Gasteiger partial charge in [-0.2, -0.15) is 0 Å². The van der Waals surface area contributed by atoms with Crippen molar-refractivity contribution < 1.29 is 14.0 Å². The van der Waals surface area contributed by atoms with Gasteiger partial charge in [0.25, 0.3) is 0 Å². The van der Waals surface area contributed by atoms with Crippen molar-refractivity contribution in [3.63, 3.8) is 0 Å². The van der Waals surface area contributed by atoms with Crippen LogP contribution in [0.2, 0.25) is 0 Å². The van der Waals surface area contributed by atoms with Crippen molar-refractivity contribution in [2.75, 3.05) is 13.2 Å². The molecule has 2 aliphatic heterocycles. The molecule has 1 aromatic rings. The van der Waals surface area contributed by atoms with Crippen molar-refractivity contribution in [2.24, 2.45) is 4.99 Å². The predicted molar refractivity (Wildman–Crippen MR) is 61.2 cm³/mol. The molecule has 0 N–H and O–H groups in total. The summed E-state index contributed by atoms with van der Waals surface area (Å²) in [5, 5.41) is 4.02. The summed E-state index contributed by atoms with van der Waals surface area (Å²) in [5.41, 5.74) is 0.632. The monoisotopic (exact) mass is 236 g/mol. The molecule has 92 valence electrons. The highest BCUT2D eigenvalue weighted by Gasteiger charge is 2.37. The van der Waals surface area contributed by atoms with E-state index in [1.807, 2.05) is 6.07 Å². The van der Waals surface area contributed by atoms with Crippen LogP contribution in [0.15, 0.2) is 15.6 Å². The van der Waals surface area contributed by atoms with Gasteiger partial charge in [0, 0.05) is 11.5 Å². The van der Waals surface area contributed by atoms with Crippen LogP contribution in [-0.2, 0) is 14.9 Å². The van der Waals surface area contributed by atoms with Crippen LogP contribution in [0, 0.1) is 0 Å². The van der Waals surface area contributed by atoms with Gasteiger partial charge >= 0.3 is 0 Å². The summed E-state index contributed by atoms with van der Waals surface area (Å²) in [5.74, 6) is 1.43. The first-order valence-corrected chi connectivity index (χ1v) is 5.84. The number of ether oxygens (including phenoxy) is 2.